The number of carbonyl (C=O) groups excluding carboxylic acids is 1. The predicted molar refractivity (Wildman–Crippen MR) is 80.9 cm³/mol. The van der Waals surface area contributed by atoms with Crippen molar-refractivity contribution in [2.75, 3.05) is 12.4 Å². The Kier molecular flexibility index (Phi) is 4.80. The molecule has 2 aromatic carbocycles. The fourth-order valence-corrected chi connectivity index (χ4v) is 2.24. The Balaban J connectivity index is 2.24. The number of benzene rings is 2. The maximum absolute atomic E-state index is 13.2. The number of hydrogen-bond donors (Lipinski definition) is 2. The molecule has 0 saturated heterocycles. The minimum atomic E-state index is -0.629. The fraction of sp³-hybridized carbons (Fsp3) is 0.133. The molecule has 2 N–H and O–H groups in total. The van der Waals surface area contributed by atoms with Crippen LogP contribution in [-0.4, -0.2) is 18.2 Å². The molecule has 0 atom stereocenters. The molecule has 0 fully saturated rings. The molecule has 2 rings (SSSR count). The van der Waals surface area contributed by atoms with Crippen LogP contribution in [0.5, 0.6) is 5.75 Å². The minimum Gasteiger partial charge on any atom is -0.508 e. The third kappa shape index (κ3) is 3.72. The SMILES string of the molecule is COC(=O)c1cc(F)ccc1NCc1cc(Br)ccc1O. The van der Waals surface area contributed by atoms with Crippen molar-refractivity contribution in [3.8, 4) is 5.75 Å². The monoisotopic (exact) mass is 353 g/mol. The Bertz CT molecular complexity index is 676. The van der Waals surface area contributed by atoms with Crippen LogP contribution >= 0.6 is 15.9 Å². The third-order valence-corrected chi connectivity index (χ3v) is 3.39. The normalized spacial score (nSPS) is 10.2. The molecule has 0 aromatic heterocycles. The smallest absolute Gasteiger partial charge is 0.340 e. The van der Waals surface area contributed by atoms with E-state index < -0.39 is 11.8 Å². The predicted octanol–water partition coefficient (Wildman–Crippen LogP) is 3.69. The van der Waals surface area contributed by atoms with Gasteiger partial charge in [-0.1, -0.05) is 15.9 Å². The molecule has 4 nitrogen and oxygen atoms in total. The lowest BCUT2D eigenvalue weighted by Crippen LogP contribution is -2.09. The summed E-state index contributed by atoms with van der Waals surface area (Å²) in [4.78, 5) is 11.6. The van der Waals surface area contributed by atoms with Gasteiger partial charge in [-0.25, -0.2) is 9.18 Å². The average Bonchev–Trinajstić information content (AvgIpc) is 2.48. The number of anilines is 1. The molecular weight excluding hydrogens is 341 g/mol. The Labute approximate surface area is 129 Å². The van der Waals surface area contributed by atoms with Crippen molar-refractivity contribution in [1.82, 2.24) is 0 Å². The summed E-state index contributed by atoms with van der Waals surface area (Å²) in [5.74, 6) is -1.02. The lowest BCUT2D eigenvalue weighted by Gasteiger charge is -2.12. The van der Waals surface area contributed by atoms with Crippen molar-refractivity contribution < 1.29 is 19.0 Å². The molecule has 21 heavy (non-hydrogen) atoms. The molecule has 0 bridgehead atoms. The third-order valence-electron chi connectivity index (χ3n) is 2.90. The summed E-state index contributed by atoms with van der Waals surface area (Å²) in [5.41, 5.74) is 1.18. The molecule has 0 unspecified atom stereocenters. The van der Waals surface area contributed by atoms with Crippen molar-refractivity contribution in [3.63, 3.8) is 0 Å². The molecule has 0 radical (unpaired) electrons. The van der Waals surface area contributed by atoms with Gasteiger partial charge in [-0.3, -0.25) is 0 Å². The summed E-state index contributed by atoms with van der Waals surface area (Å²) in [6.45, 7) is 0.279. The first-order chi connectivity index (χ1) is 10.0. The number of rotatable bonds is 4. The van der Waals surface area contributed by atoms with Crippen LogP contribution in [0.3, 0.4) is 0 Å². The molecule has 0 heterocycles. The number of halogens is 2. The largest absolute Gasteiger partial charge is 0.508 e. The lowest BCUT2D eigenvalue weighted by atomic mass is 10.1. The Morgan fingerprint density at radius 2 is 2.10 bits per heavy atom. The van der Waals surface area contributed by atoms with E-state index in [4.69, 9.17) is 0 Å². The van der Waals surface area contributed by atoms with E-state index in [1.807, 2.05) is 0 Å². The Morgan fingerprint density at radius 1 is 1.33 bits per heavy atom. The molecule has 0 spiro atoms. The van der Waals surface area contributed by atoms with E-state index in [1.54, 1.807) is 18.2 Å². The van der Waals surface area contributed by atoms with Gasteiger partial charge in [0, 0.05) is 22.3 Å². The zero-order chi connectivity index (χ0) is 15.4. The number of ether oxygens (including phenoxy) is 1. The first kappa shape index (κ1) is 15.3. The molecule has 0 aliphatic carbocycles. The van der Waals surface area contributed by atoms with Crippen molar-refractivity contribution in [2.24, 2.45) is 0 Å². The summed E-state index contributed by atoms with van der Waals surface area (Å²) >= 11 is 3.32. The van der Waals surface area contributed by atoms with E-state index in [0.29, 0.717) is 11.3 Å². The van der Waals surface area contributed by atoms with Crippen LogP contribution in [0.4, 0.5) is 10.1 Å². The van der Waals surface area contributed by atoms with E-state index >= 15 is 0 Å². The number of carbonyl (C=O) groups is 1. The van der Waals surface area contributed by atoms with Gasteiger partial charge in [0.1, 0.15) is 11.6 Å². The summed E-state index contributed by atoms with van der Waals surface area (Å²) in [6, 6.07) is 8.84. The van der Waals surface area contributed by atoms with Crippen LogP contribution < -0.4 is 5.32 Å². The number of phenols is 1. The fourth-order valence-electron chi connectivity index (χ4n) is 1.84. The molecule has 0 saturated carbocycles. The maximum Gasteiger partial charge on any atom is 0.340 e. The van der Waals surface area contributed by atoms with Gasteiger partial charge in [0.2, 0.25) is 0 Å². The van der Waals surface area contributed by atoms with Gasteiger partial charge in [0.15, 0.2) is 0 Å². The number of nitrogens with one attached hydrogen (secondary N) is 1. The van der Waals surface area contributed by atoms with Gasteiger partial charge >= 0.3 is 5.97 Å². The van der Waals surface area contributed by atoms with Crippen LogP contribution in [0.25, 0.3) is 0 Å². The second-order valence-corrected chi connectivity index (χ2v) is 5.22. The molecular formula is C15H13BrFNO3. The van der Waals surface area contributed by atoms with Crippen molar-refractivity contribution in [1.29, 1.82) is 0 Å². The van der Waals surface area contributed by atoms with Gasteiger partial charge in [0.25, 0.3) is 0 Å². The molecule has 0 aliphatic rings. The number of esters is 1. The number of phenolic OH excluding ortho intramolecular Hbond substituents is 1. The van der Waals surface area contributed by atoms with E-state index in [0.717, 1.165) is 10.5 Å². The second kappa shape index (κ2) is 6.58. The van der Waals surface area contributed by atoms with Crippen LogP contribution in [0.1, 0.15) is 15.9 Å². The Morgan fingerprint density at radius 3 is 2.81 bits per heavy atom. The molecule has 0 aliphatic heterocycles. The van der Waals surface area contributed by atoms with Crippen LogP contribution in [0.2, 0.25) is 0 Å². The number of hydrogen-bond acceptors (Lipinski definition) is 4. The van der Waals surface area contributed by atoms with Crippen molar-refractivity contribution >= 4 is 27.6 Å². The van der Waals surface area contributed by atoms with E-state index in [9.17, 15) is 14.3 Å². The van der Waals surface area contributed by atoms with Crippen LogP contribution in [0, 0.1) is 5.82 Å². The van der Waals surface area contributed by atoms with Crippen molar-refractivity contribution in [3.05, 3.63) is 57.8 Å². The maximum atomic E-state index is 13.2. The molecule has 110 valence electrons. The van der Waals surface area contributed by atoms with E-state index in [1.165, 1.54) is 19.2 Å². The highest BCUT2D eigenvalue weighted by atomic mass is 79.9. The highest BCUT2D eigenvalue weighted by Gasteiger charge is 2.13. The standard InChI is InChI=1S/C15H13BrFNO3/c1-21-15(20)12-7-11(17)3-4-13(12)18-8-9-6-10(16)2-5-14(9)19/h2-7,18-19H,8H2,1H3. The summed E-state index contributed by atoms with van der Waals surface area (Å²) in [5, 5.41) is 12.8. The van der Waals surface area contributed by atoms with Crippen LogP contribution in [0.15, 0.2) is 40.9 Å². The van der Waals surface area contributed by atoms with Crippen molar-refractivity contribution in [2.45, 2.75) is 6.54 Å². The van der Waals surface area contributed by atoms with Gasteiger partial charge in [-0.2, -0.15) is 0 Å². The van der Waals surface area contributed by atoms with Gasteiger partial charge in [-0.15, -0.1) is 0 Å². The quantitative estimate of drug-likeness (QED) is 0.823. The summed E-state index contributed by atoms with van der Waals surface area (Å²) in [7, 11) is 1.23. The highest BCUT2D eigenvalue weighted by molar-refractivity contribution is 9.10. The number of aromatic hydroxyl groups is 1. The topological polar surface area (TPSA) is 58.6 Å². The Hall–Kier alpha value is -2.08. The lowest BCUT2D eigenvalue weighted by molar-refractivity contribution is 0.0601. The zero-order valence-corrected chi connectivity index (χ0v) is 12.8. The van der Waals surface area contributed by atoms with Crippen LogP contribution in [-0.2, 0) is 11.3 Å². The summed E-state index contributed by atoms with van der Waals surface area (Å²) < 4.78 is 18.7. The van der Waals surface area contributed by atoms with Gasteiger partial charge in [0.05, 0.1) is 12.7 Å². The molecule has 6 heteroatoms. The van der Waals surface area contributed by atoms with Gasteiger partial charge in [-0.05, 0) is 36.4 Å². The molecule has 0 amide bonds. The summed E-state index contributed by atoms with van der Waals surface area (Å²) in [6.07, 6.45) is 0. The van der Waals surface area contributed by atoms with Gasteiger partial charge < -0.3 is 15.2 Å². The first-order valence-corrected chi connectivity index (χ1v) is 6.89. The number of methoxy groups -OCH3 is 1. The minimum absolute atomic E-state index is 0.104. The second-order valence-electron chi connectivity index (χ2n) is 4.31. The average molecular weight is 354 g/mol. The molecule has 2 aromatic rings. The highest BCUT2D eigenvalue weighted by Crippen LogP contribution is 2.24. The van der Waals surface area contributed by atoms with E-state index in [-0.39, 0.29) is 17.9 Å². The van der Waals surface area contributed by atoms with E-state index in [2.05, 4.69) is 26.0 Å². The zero-order valence-electron chi connectivity index (χ0n) is 11.2. The first-order valence-electron chi connectivity index (χ1n) is 6.10.